The molecule has 0 saturated carbocycles. The average molecular weight is 355 g/mol. The molecule has 2 fully saturated rings. The summed E-state index contributed by atoms with van der Waals surface area (Å²) in [6.45, 7) is 5.49. The zero-order valence-corrected chi connectivity index (χ0v) is 15.4. The van der Waals surface area contributed by atoms with Crippen molar-refractivity contribution in [3.63, 3.8) is 0 Å². The van der Waals surface area contributed by atoms with Gasteiger partial charge in [0.2, 0.25) is 11.8 Å². The maximum atomic E-state index is 13.2. The number of amides is 2. The van der Waals surface area contributed by atoms with E-state index >= 15 is 0 Å². The summed E-state index contributed by atoms with van der Waals surface area (Å²) in [5.74, 6) is -0.381. The first-order valence-corrected chi connectivity index (χ1v) is 9.73. The number of nitrogens with one attached hydrogen (secondary N) is 1. The Morgan fingerprint density at radius 2 is 1.73 bits per heavy atom. The summed E-state index contributed by atoms with van der Waals surface area (Å²) in [5.41, 5.74) is 4.44. The van der Waals surface area contributed by atoms with Crippen LogP contribution in [-0.2, 0) is 14.3 Å². The number of imide groups is 1. The number of carbonyl (C=O) groups is 2. The minimum absolute atomic E-state index is 0.0408. The van der Waals surface area contributed by atoms with E-state index in [1.54, 1.807) is 0 Å². The van der Waals surface area contributed by atoms with Crippen molar-refractivity contribution < 1.29 is 19.2 Å². The van der Waals surface area contributed by atoms with Gasteiger partial charge in [0.15, 0.2) is 0 Å². The van der Waals surface area contributed by atoms with Gasteiger partial charge in [-0.25, -0.2) is 0 Å². The molecule has 0 spiro atoms. The number of allylic oxidation sites excluding steroid dienone is 1. The van der Waals surface area contributed by atoms with E-state index in [9.17, 15) is 9.59 Å². The molecule has 0 aromatic heterocycles. The first-order valence-electron chi connectivity index (χ1n) is 9.73. The molecule has 5 nitrogen and oxygen atoms in total. The second-order valence-corrected chi connectivity index (χ2v) is 7.59. The fourth-order valence-corrected chi connectivity index (χ4v) is 4.51. The van der Waals surface area contributed by atoms with Gasteiger partial charge in [0.1, 0.15) is 18.8 Å². The highest BCUT2D eigenvalue weighted by Gasteiger charge is 2.44. The molecule has 1 aromatic rings. The third kappa shape index (κ3) is 3.21. The lowest BCUT2D eigenvalue weighted by molar-refractivity contribution is -0.872. The van der Waals surface area contributed by atoms with Crippen molar-refractivity contribution in [1.29, 1.82) is 0 Å². The number of quaternary nitrogens is 1. The SMILES string of the molecule is Cc1ccc(N2C(=O)C[C@H](C3=C([NH+]4CCOCC4)CCCC3)C2=O)cc1. The van der Waals surface area contributed by atoms with Crippen molar-refractivity contribution in [3.8, 4) is 0 Å². The molecule has 1 aliphatic carbocycles. The molecule has 138 valence electrons. The highest BCUT2D eigenvalue weighted by Crippen LogP contribution is 2.36. The van der Waals surface area contributed by atoms with Gasteiger partial charge in [-0.2, -0.15) is 0 Å². The largest absolute Gasteiger partial charge is 0.370 e. The summed E-state index contributed by atoms with van der Waals surface area (Å²) in [7, 11) is 0. The van der Waals surface area contributed by atoms with E-state index in [0.717, 1.165) is 51.1 Å². The van der Waals surface area contributed by atoms with Crippen LogP contribution in [0.1, 0.15) is 37.7 Å². The van der Waals surface area contributed by atoms with Crippen LogP contribution < -0.4 is 9.80 Å². The molecule has 1 aromatic carbocycles. The second-order valence-electron chi connectivity index (χ2n) is 7.59. The maximum absolute atomic E-state index is 13.2. The van der Waals surface area contributed by atoms with E-state index < -0.39 is 0 Å². The molecule has 5 heteroatoms. The van der Waals surface area contributed by atoms with Crippen LogP contribution in [0.15, 0.2) is 35.5 Å². The number of ether oxygens (including phenoxy) is 1. The molecule has 2 amide bonds. The number of nitrogens with zero attached hydrogens (tertiary/aromatic N) is 1. The molecule has 1 N–H and O–H groups in total. The van der Waals surface area contributed by atoms with Gasteiger partial charge in [-0.3, -0.25) is 14.5 Å². The average Bonchev–Trinajstić information content (AvgIpc) is 2.97. The van der Waals surface area contributed by atoms with Crippen LogP contribution in [0.25, 0.3) is 0 Å². The van der Waals surface area contributed by atoms with E-state index in [1.807, 2.05) is 31.2 Å². The zero-order chi connectivity index (χ0) is 18.1. The molecular formula is C21H27N2O3+. The zero-order valence-electron chi connectivity index (χ0n) is 15.4. The normalized spacial score (nSPS) is 25.3. The molecule has 0 radical (unpaired) electrons. The van der Waals surface area contributed by atoms with Gasteiger partial charge in [-0.05, 0) is 43.9 Å². The predicted octanol–water partition coefficient (Wildman–Crippen LogP) is 1.62. The first kappa shape index (κ1) is 17.4. The topological polar surface area (TPSA) is 51.1 Å². The van der Waals surface area contributed by atoms with Crippen LogP contribution in [0.2, 0.25) is 0 Å². The summed E-state index contributed by atoms with van der Waals surface area (Å²) in [5, 5.41) is 0. The van der Waals surface area contributed by atoms with Crippen molar-refractivity contribution in [2.45, 2.75) is 39.0 Å². The molecule has 2 saturated heterocycles. The summed E-state index contributed by atoms with van der Waals surface area (Å²) < 4.78 is 5.50. The molecule has 0 unspecified atom stereocenters. The van der Waals surface area contributed by atoms with Crippen molar-refractivity contribution in [1.82, 2.24) is 0 Å². The Morgan fingerprint density at radius 1 is 1.04 bits per heavy atom. The van der Waals surface area contributed by atoms with Crippen molar-refractivity contribution >= 4 is 17.5 Å². The highest BCUT2D eigenvalue weighted by atomic mass is 16.5. The van der Waals surface area contributed by atoms with Gasteiger partial charge < -0.3 is 9.64 Å². The van der Waals surface area contributed by atoms with Crippen molar-refractivity contribution in [2.75, 3.05) is 31.2 Å². The van der Waals surface area contributed by atoms with Gasteiger partial charge in [0.25, 0.3) is 0 Å². The van der Waals surface area contributed by atoms with Crippen LogP contribution in [0.3, 0.4) is 0 Å². The molecule has 2 heterocycles. The van der Waals surface area contributed by atoms with Gasteiger partial charge >= 0.3 is 0 Å². The lowest BCUT2D eigenvalue weighted by Gasteiger charge is -2.31. The Bertz CT molecular complexity index is 732. The van der Waals surface area contributed by atoms with Gasteiger partial charge in [0, 0.05) is 12.8 Å². The minimum atomic E-state index is -0.269. The second kappa shape index (κ2) is 7.33. The number of hydrogen-bond donors (Lipinski definition) is 1. The number of anilines is 1. The lowest BCUT2D eigenvalue weighted by atomic mass is 9.85. The predicted molar refractivity (Wildman–Crippen MR) is 98.8 cm³/mol. The van der Waals surface area contributed by atoms with Gasteiger partial charge in [-0.15, -0.1) is 0 Å². The Morgan fingerprint density at radius 3 is 2.46 bits per heavy atom. The molecule has 0 bridgehead atoms. The monoisotopic (exact) mass is 355 g/mol. The van der Waals surface area contributed by atoms with Crippen molar-refractivity contribution in [3.05, 3.63) is 41.1 Å². The quantitative estimate of drug-likeness (QED) is 0.839. The van der Waals surface area contributed by atoms with E-state index in [1.165, 1.54) is 27.5 Å². The Kier molecular flexibility index (Phi) is 4.92. The molecule has 1 atom stereocenters. The summed E-state index contributed by atoms with van der Waals surface area (Å²) >= 11 is 0. The van der Waals surface area contributed by atoms with Crippen LogP contribution >= 0.6 is 0 Å². The fraction of sp³-hybridized carbons (Fsp3) is 0.524. The number of aryl methyl sites for hydroxylation is 1. The van der Waals surface area contributed by atoms with E-state index in [-0.39, 0.29) is 17.7 Å². The van der Waals surface area contributed by atoms with Crippen LogP contribution in [0.5, 0.6) is 0 Å². The van der Waals surface area contributed by atoms with Crippen LogP contribution in [0, 0.1) is 12.8 Å². The summed E-state index contributed by atoms with van der Waals surface area (Å²) in [4.78, 5) is 28.7. The fourth-order valence-electron chi connectivity index (χ4n) is 4.51. The number of hydrogen-bond acceptors (Lipinski definition) is 3. The lowest BCUT2D eigenvalue weighted by Crippen LogP contribution is -3.12. The van der Waals surface area contributed by atoms with E-state index in [0.29, 0.717) is 12.1 Å². The number of morpholine rings is 1. The van der Waals surface area contributed by atoms with Crippen molar-refractivity contribution in [2.24, 2.45) is 5.92 Å². The highest BCUT2D eigenvalue weighted by molar-refractivity contribution is 6.21. The number of rotatable bonds is 3. The van der Waals surface area contributed by atoms with Gasteiger partial charge in [-0.1, -0.05) is 17.7 Å². The molecule has 4 rings (SSSR count). The Balaban J connectivity index is 1.63. The molecule has 2 aliphatic heterocycles. The minimum Gasteiger partial charge on any atom is -0.370 e. The molecule has 3 aliphatic rings. The summed E-state index contributed by atoms with van der Waals surface area (Å²) in [6, 6.07) is 7.65. The van der Waals surface area contributed by atoms with Gasteiger partial charge in [0.05, 0.1) is 24.8 Å². The van der Waals surface area contributed by atoms with E-state index in [2.05, 4.69) is 0 Å². The maximum Gasteiger partial charge on any atom is 0.241 e. The third-order valence-electron chi connectivity index (χ3n) is 5.89. The van der Waals surface area contributed by atoms with Crippen LogP contribution in [0.4, 0.5) is 5.69 Å². The Labute approximate surface area is 154 Å². The standard InChI is InChI=1S/C21H26N2O3/c1-15-6-8-16(9-7-15)23-20(24)14-18(21(23)25)17-4-2-3-5-19(17)22-10-12-26-13-11-22/h6-9,18H,2-5,10-14H2,1H3/p+1/t18-/m1/s1. The number of carbonyl (C=O) groups excluding carboxylic acids is 2. The number of benzene rings is 1. The smallest absolute Gasteiger partial charge is 0.241 e. The van der Waals surface area contributed by atoms with Crippen LogP contribution in [-0.4, -0.2) is 38.1 Å². The molecule has 26 heavy (non-hydrogen) atoms. The Hall–Kier alpha value is -1.98. The molecular weight excluding hydrogens is 328 g/mol. The third-order valence-corrected chi connectivity index (χ3v) is 5.89. The summed E-state index contributed by atoms with van der Waals surface area (Å²) in [6.07, 6.45) is 4.61. The van der Waals surface area contributed by atoms with E-state index in [4.69, 9.17) is 4.74 Å². The first-order chi connectivity index (χ1) is 12.6.